The summed E-state index contributed by atoms with van der Waals surface area (Å²) in [6.45, 7) is 11.2. The second-order valence-corrected chi connectivity index (χ2v) is 8.70. The molecule has 0 N–H and O–H groups in total. The molecule has 0 saturated heterocycles. The van der Waals surface area contributed by atoms with E-state index in [1.807, 2.05) is 53.7 Å². The van der Waals surface area contributed by atoms with Crippen molar-refractivity contribution in [1.82, 2.24) is 0 Å². The summed E-state index contributed by atoms with van der Waals surface area (Å²) in [5.74, 6) is 0. The van der Waals surface area contributed by atoms with Crippen LogP contribution in [0.5, 0.6) is 0 Å². The standard InChI is InChI=1S/C22H24N4/c1-15-7-19(3,11-23)9-21(5,13-25)17(15)18-16(2)8-20(4,12-24)10-22(18,6)14-26/h7-8H,9-10H2,1-6H3. The van der Waals surface area contributed by atoms with Crippen LogP contribution < -0.4 is 0 Å². The molecule has 2 aliphatic rings. The molecule has 4 unspecified atom stereocenters. The molecule has 0 saturated carbocycles. The lowest BCUT2D eigenvalue weighted by atomic mass is 9.56. The smallest absolute Gasteiger partial charge is 0.0818 e. The van der Waals surface area contributed by atoms with Gasteiger partial charge in [0.2, 0.25) is 0 Å². The lowest BCUT2D eigenvalue weighted by molar-refractivity contribution is 0.315. The predicted molar refractivity (Wildman–Crippen MR) is 98.7 cm³/mol. The van der Waals surface area contributed by atoms with Crippen molar-refractivity contribution in [2.24, 2.45) is 21.7 Å². The Morgan fingerprint density at radius 2 is 0.962 bits per heavy atom. The normalized spacial score (nSPS) is 42.4. The fourth-order valence-electron chi connectivity index (χ4n) is 5.00. The number of rotatable bonds is 0. The van der Waals surface area contributed by atoms with Crippen LogP contribution in [0.1, 0.15) is 54.4 Å². The maximum atomic E-state index is 10.00. The van der Waals surface area contributed by atoms with Crippen LogP contribution in [0, 0.1) is 67.0 Å². The minimum atomic E-state index is -0.869. The van der Waals surface area contributed by atoms with Gasteiger partial charge < -0.3 is 0 Å². The van der Waals surface area contributed by atoms with Gasteiger partial charge in [0.05, 0.1) is 45.9 Å². The van der Waals surface area contributed by atoms with E-state index in [0.717, 1.165) is 22.3 Å². The van der Waals surface area contributed by atoms with Crippen molar-refractivity contribution in [3.05, 3.63) is 34.4 Å². The summed E-state index contributed by atoms with van der Waals surface area (Å²) in [6, 6.07) is 9.46. The van der Waals surface area contributed by atoms with Crippen LogP contribution in [0.15, 0.2) is 34.4 Å². The average molecular weight is 344 g/mol. The molecule has 132 valence electrons. The summed E-state index contributed by atoms with van der Waals surface area (Å²) < 4.78 is 0. The number of allylic oxidation sites excluding steroid dienone is 6. The summed E-state index contributed by atoms with van der Waals surface area (Å²) in [4.78, 5) is 0. The molecule has 0 aliphatic heterocycles. The molecule has 2 rings (SSSR count). The van der Waals surface area contributed by atoms with Gasteiger partial charge in [0.25, 0.3) is 0 Å². The van der Waals surface area contributed by atoms with E-state index in [9.17, 15) is 21.0 Å². The van der Waals surface area contributed by atoms with E-state index >= 15 is 0 Å². The first kappa shape index (κ1) is 19.5. The second kappa shape index (κ2) is 5.87. The number of nitrogens with zero attached hydrogens (tertiary/aromatic N) is 4. The summed E-state index contributed by atoms with van der Waals surface area (Å²) in [6.07, 6.45) is 4.59. The molecule has 0 radical (unpaired) electrons. The van der Waals surface area contributed by atoms with Crippen molar-refractivity contribution in [3.63, 3.8) is 0 Å². The topological polar surface area (TPSA) is 95.2 Å². The maximum Gasteiger partial charge on any atom is 0.0818 e. The molecule has 0 aromatic carbocycles. The molecular weight excluding hydrogens is 320 g/mol. The Hall–Kier alpha value is -2.82. The van der Waals surface area contributed by atoms with Crippen molar-refractivity contribution in [2.75, 3.05) is 0 Å². The largest absolute Gasteiger partial charge is 0.197 e. The van der Waals surface area contributed by atoms with E-state index in [1.54, 1.807) is 0 Å². The van der Waals surface area contributed by atoms with Gasteiger partial charge in [0, 0.05) is 0 Å². The van der Waals surface area contributed by atoms with Crippen molar-refractivity contribution in [3.8, 4) is 24.3 Å². The zero-order valence-electron chi connectivity index (χ0n) is 16.4. The number of hydrogen-bond acceptors (Lipinski definition) is 4. The average Bonchev–Trinajstić information content (AvgIpc) is 2.56. The first-order valence-electron chi connectivity index (χ1n) is 8.71. The summed E-state index contributed by atoms with van der Waals surface area (Å²) in [7, 11) is 0. The molecule has 0 aromatic heterocycles. The lowest BCUT2D eigenvalue weighted by Crippen LogP contribution is -2.38. The Labute approximate surface area is 156 Å². The Balaban J connectivity index is 2.94. The van der Waals surface area contributed by atoms with Crippen LogP contribution in [-0.4, -0.2) is 0 Å². The molecule has 4 heteroatoms. The Morgan fingerprint density at radius 3 is 1.19 bits per heavy atom. The van der Waals surface area contributed by atoms with Crippen LogP contribution in [0.4, 0.5) is 0 Å². The van der Waals surface area contributed by atoms with E-state index in [-0.39, 0.29) is 0 Å². The van der Waals surface area contributed by atoms with Crippen LogP contribution in [0.25, 0.3) is 0 Å². The first-order chi connectivity index (χ1) is 11.9. The van der Waals surface area contributed by atoms with Gasteiger partial charge >= 0.3 is 0 Å². The van der Waals surface area contributed by atoms with Gasteiger partial charge in [0.1, 0.15) is 0 Å². The fraction of sp³-hybridized carbons (Fsp3) is 0.545. The van der Waals surface area contributed by atoms with Crippen molar-refractivity contribution >= 4 is 0 Å². The molecule has 26 heavy (non-hydrogen) atoms. The quantitative estimate of drug-likeness (QED) is 0.610. The van der Waals surface area contributed by atoms with Crippen molar-refractivity contribution < 1.29 is 0 Å². The first-order valence-corrected chi connectivity index (χ1v) is 8.71. The van der Waals surface area contributed by atoms with Gasteiger partial charge in [-0.1, -0.05) is 12.2 Å². The van der Waals surface area contributed by atoms with E-state index in [2.05, 4.69) is 24.3 Å². The highest BCUT2D eigenvalue weighted by molar-refractivity contribution is 5.58. The Bertz CT molecular complexity index is 847. The highest BCUT2D eigenvalue weighted by Gasteiger charge is 2.49. The minimum Gasteiger partial charge on any atom is -0.197 e. The Morgan fingerprint density at radius 1 is 0.654 bits per heavy atom. The van der Waals surface area contributed by atoms with E-state index in [4.69, 9.17) is 0 Å². The van der Waals surface area contributed by atoms with E-state index in [0.29, 0.717) is 12.8 Å². The third-order valence-corrected chi connectivity index (χ3v) is 5.66. The number of nitriles is 4. The highest BCUT2D eigenvalue weighted by Crippen LogP contribution is 2.56. The second-order valence-electron chi connectivity index (χ2n) is 8.70. The third kappa shape index (κ3) is 2.83. The molecule has 0 spiro atoms. The molecule has 2 aliphatic carbocycles. The van der Waals surface area contributed by atoms with E-state index in [1.165, 1.54) is 0 Å². The monoisotopic (exact) mass is 344 g/mol. The van der Waals surface area contributed by atoms with E-state index < -0.39 is 21.7 Å². The molecule has 0 amide bonds. The number of hydrogen-bond donors (Lipinski definition) is 0. The zero-order chi connectivity index (χ0) is 20.0. The maximum absolute atomic E-state index is 10.00. The molecule has 0 heterocycles. The molecular formula is C22H24N4. The van der Waals surface area contributed by atoms with Gasteiger partial charge in [0.15, 0.2) is 0 Å². The van der Waals surface area contributed by atoms with Crippen LogP contribution in [0.2, 0.25) is 0 Å². The molecule has 4 nitrogen and oxygen atoms in total. The lowest BCUT2D eigenvalue weighted by Gasteiger charge is -2.44. The van der Waals surface area contributed by atoms with Crippen LogP contribution in [-0.2, 0) is 0 Å². The molecule has 0 bridgehead atoms. The van der Waals surface area contributed by atoms with Crippen molar-refractivity contribution in [1.29, 1.82) is 21.0 Å². The van der Waals surface area contributed by atoms with Gasteiger partial charge in [-0.2, -0.15) is 21.0 Å². The summed E-state index contributed by atoms with van der Waals surface area (Å²) in [5, 5.41) is 39.1. The van der Waals surface area contributed by atoms with Crippen LogP contribution in [0.3, 0.4) is 0 Å². The minimum absolute atomic E-state index is 0.382. The van der Waals surface area contributed by atoms with Crippen molar-refractivity contribution in [2.45, 2.75) is 54.4 Å². The van der Waals surface area contributed by atoms with Gasteiger partial charge in [-0.25, -0.2) is 0 Å². The predicted octanol–water partition coefficient (Wildman–Crippen LogP) is 5.10. The van der Waals surface area contributed by atoms with Gasteiger partial charge in [-0.05, 0) is 76.7 Å². The summed E-state index contributed by atoms with van der Waals surface area (Å²) >= 11 is 0. The SMILES string of the molecule is CC1=CC(C)(C#N)CC(C)(C#N)C1=C1C(C)=CC(C)(C#N)CC1(C)C#N. The third-order valence-electron chi connectivity index (χ3n) is 5.66. The van der Waals surface area contributed by atoms with Gasteiger partial charge in [-0.15, -0.1) is 0 Å². The zero-order valence-corrected chi connectivity index (χ0v) is 16.4. The van der Waals surface area contributed by atoms with Gasteiger partial charge in [-0.3, -0.25) is 0 Å². The highest BCUT2D eigenvalue weighted by atomic mass is 14.5. The summed E-state index contributed by atoms with van der Waals surface area (Å²) in [5.41, 5.74) is 0.252. The molecule has 0 fully saturated rings. The molecule has 4 atom stereocenters. The fourth-order valence-corrected chi connectivity index (χ4v) is 5.00. The molecule has 0 aromatic rings. The van der Waals surface area contributed by atoms with Crippen LogP contribution >= 0.6 is 0 Å². The Kier molecular flexibility index (Phi) is 4.40.